The van der Waals surface area contributed by atoms with Crippen LogP contribution in [0.15, 0.2) is 30.3 Å². The van der Waals surface area contributed by atoms with E-state index >= 15 is 0 Å². The van der Waals surface area contributed by atoms with Gasteiger partial charge < -0.3 is 10.5 Å². The Morgan fingerprint density at radius 2 is 2.11 bits per heavy atom. The van der Waals surface area contributed by atoms with E-state index in [-0.39, 0.29) is 0 Å². The lowest BCUT2D eigenvalue weighted by molar-refractivity contribution is 0.292. The predicted octanol–water partition coefficient (Wildman–Crippen LogP) is 2.87. The van der Waals surface area contributed by atoms with Crippen LogP contribution in [0.2, 0.25) is 0 Å². The van der Waals surface area contributed by atoms with Crippen LogP contribution in [-0.2, 0) is 6.54 Å². The molecule has 0 unspecified atom stereocenters. The largest absolute Gasteiger partial charge is 0.478 e. The minimum absolute atomic E-state index is 0.516. The van der Waals surface area contributed by atoms with Crippen molar-refractivity contribution in [3.8, 4) is 5.88 Å². The number of ether oxygens (including phenoxy) is 1. The van der Waals surface area contributed by atoms with Crippen LogP contribution >= 0.6 is 0 Å². The fourth-order valence-corrected chi connectivity index (χ4v) is 2.20. The highest BCUT2D eigenvalue weighted by Crippen LogP contribution is 2.32. The summed E-state index contributed by atoms with van der Waals surface area (Å²) < 4.78 is 5.74. The molecule has 0 saturated heterocycles. The molecule has 1 aromatic heterocycles. The van der Waals surface area contributed by atoms with Gasteiger partial charge in [0, 0.05) is 18.0 Å². The standard InChI is InChI=1S/C15H18N2O/c16-10-12-9-15(18-8-7-11-5-6-11)17-14-4-2-1-3-13(12)14/h1-4,9,11H,5-8,10,16H2. The van der Waals surface area contributed by atoms with E-state index in [0.717, 1.165) is 35.4 Å². The first-order valence-corrected chi connectivity index (χ1v) is 6.58. The molecule has 1 fully saturated rings. The van der Waals surface area contributed by atoms with Gasteiger partial charge >= 0.3 is 0 Å². The van der Waals surface area contributed by atoms with Crippen LogP contribution in [0.1, 0.15) is 24.8 Å². The Morgan fingerprint density at radius 1 is 1.28 bits per heavy atom. The van der Waals surface area contributed by atoms with Crippen molar-refractivity contribution in [1.82, 2.24) is 4.98 Å². The van der Waals surface area contributed by atoms with Gasteiger partial charge in [-0.2, -0.15) is 0 Å². The second kappa shape index (κ2) is 4.94. The van der Waals surface area contributed by atoms with Crippen LogP contribution in [-0.4, -0.2) is 11.6 Å². The molecule has 0 spiro atoms. The molecule has 1 saturated carbocycles. The number of hydrogen-bond donors (Lipinski definition) is 1. The third-order valence-electron chi connectivity index (χ3n) is 3.47. The van der Waals surface area contributed by atoms with Crippen LogP contribution < -0.4 is 10.5 Å². The van der Waals surface area contributed by atoms with Gasteiger partial charge in [0.2, 0.25) is 5.88 Å². The smallest absolute Gasteiger partial charge is 0.214 e. The van der Waals surface area contributed by atoms with Crippen LogP contribution in [0.25, 0.3) is 10.9 Å². The van der Waals surface area contributed by atoms with Crippen molar-refractivity contribution < 1.29 is 4.74 Å². The average molecular weight is 242 g/mol. The third kappa shape index (κ3) is 2.46. The highest BCUT2D eigenvalue weighted by molar-refractivity contribution is 5.82. The van der Waals surface area contributed by atoms with Gasteiger partial charge in [-0.05, 0) is 24.0 Å². The van der Waals surface area contributed by atoms with Crippen molar-refractivity contribution in [1.29, 1.82) is 0 Å². The first kappa shape index (κ1) is 11.5. The number of benzene rings is 1. The molecule has 3 rings (SSSR count). The Morgan fingerprint density at radius 3 is 2.89 bits per heavy atom. The maximum Gasteiger partial charge on any atom is 0.214 e. The van der Waals surface area contributed by atoms with E-state index in [1.807, 2.05) is 24.3 Å². The molecule has 0 amide bonds. The van der Waals surface area contributed by atoms with Gasteiger partial charge in [0.25, 0.3) is 0 Å². The van der Waals surface area contributed by atoms with E-state index in [1.165, 1.54) is 12.8 Å². The molecule has 1 aromatic carbocycles. The fourth-order valence-electron chi connectivity index (χ4n) is 2.20. The van der Waals surface area contributed by atoms with Crippen molar-refractivity contribution in [3.63, 3.8) is 0 Å². The van der Waals surface area contributed by atoms with Crippen LogP contribution in [0.3, 0.4) is 0 Å². The number of aromatic nitrogens is 1. The summed E-state index contributed by atoms with van der Waals surface area (Å²) in [6.07, 6.45) is 3.87. The molecule has 2 aromatic rings. The number of nitrogens with zero attached hydrogens (tertiary/aromatic N) is 1. The summed E-state index contributed by atoms with van der Waals surface area (Å²) in [5, 5.41) is 1.12. The second-order valence-electron chi connectivity index (χ2n) is 4.92. The van der Waals surface area contributed by atoms with Crippen LogP contribution in [0, 0.1) is 5.92 Å². The molecule has 1 heterocycles. The molecule has 94 valence electrons. The Balaban J connectivity index is 1.82. The summed E-state index contributed by atoms with van der Waals surface area (Å²) in [6.45, 7) is 1.28. The number of hydrogen-bond acceptors (Lipinski definition) is 3. The molecule has 18 heavy (non-hydrogen) atoms. The predicted molar refractivity (Wildman–Crippen MR) is 72.5 cm³/mol. The Labute approximate surface area is 107 Å². The van der Waals surface area contributed by atoms with Crippen molar-refractivity contribution in [2.75, 3.05) is 6.61 Å². The first-order chi connectivity index (χ1) is 8.86. The maximum atomic E-state index is 5.79. The number of nitrogens with two attached hydrogens (primary N) is 1. The zero-order chi connectivity index (χ0) is 12.4. The molecule has 2 N–H and O–H groups in total. The molecule has 0 aliphatic heterocycles. The van der Waals surface area contributed by atoms with Gasteiger partial charge in [0.05, 0.1) is 12.1 Å². The number of para-hydroxylation sites is 1. The van der Waals surface area contributed by atoms with Crippen molar-refractivity contribution >= 4 is 10.9 Å². The normalized spacial score (nSPS) is 14.9. The molecule has 1 aliphatic rings. The number of pyridine rings is 1. The minimum Gasteiger partial charge on any atom is -0.478 e. The monoisotopic (exact) mass is 242 g/mol. The quantitative estimate of drug-likeness (QED) is 0.877. The SMILES string of the molecule is NCc1cc(OCCC2CC2)nc2ccccc12. The highest BCUT2D eigenvalue weighted by atomic mass is 16.5. The van der Waals surface area contributed by atoms with E-state index in [1.54, 1.807) is 0 Å². The van der Waals surface area contributed by atoms with Gasteiger partial charge in [-0.15, -0.1) is 0 Å². The van der Waals surface area contributed by atoms with E-state index in [0.29, 0.717) is 12.4 Å². The fraction of sp³-hybridized carbons (Fsp3) is 0.400. The topological polar surface area (TPSA) is 48.1 Å². The van der Waals surface area contributed by atoms with E-state index < -0.39 is 0 Å². The average Bonchev–Trinajstić information content (AvgIpc) is 3.22. The van der Waals surface area contributed by atoms with Crippen molar-refractivity contribution in [2.45, 2.75) is 25.8 Å². The summed E-state index contributed by atoms with van der Waals surface area (Å²) in [7, 11) is 0. The van der Waals surface area contributed by atoms with Gasteiger partial charge in [-0.25, -0.2) is 4.98 Å². The Hall–Kier alpha value is -1.61. The van der Waals surface area contributed by atoms with E-state index in [2.05, 4.69) is 11.1 Å². The summed E-state index contributed by atoms with van der Waals surface area (Å²) >= 11 is 0. The van der Waals surface area contributed by atoms with Crippen molar-refractivity contribution in [2.24, 2.45) is 11.7 Å². The molecular weight excluding hydrogens is 224 g/mol. The number of rotatable bonds is 5. The van der Waals surface area contributed by atoms with E-state index in [4.69, 9.17) is 10.5 Å². The first-order valence-electron chi connectivity index (χ1n) is 6.58. The van der Waals surface area contributed by atoms with Crippen LogP contribution in [0.4, 0.5) is 0 Å². The molecular formula is C15H18N2O. The van der Waals surface area contributed by atoms with Crippen molar-refractivity contribution in [3.05, 3.63) is 35.9 Å². The number of fused-ring (bicyclic) bond motifs is 1. The van der Waals surface area contributed by atoms with Gasteiger partial charge in [0.15, 0.2) is 0 Å². The van der Waals surface area contributed by atoms with E-state index in [9.17, 15) is 0 Å². The molecule has 0 bridgehead atoms. The van der Waals surface area contributed by atoms with Gasteiger partial charge in [-0.3, -0.25) is 0 Å². The molecule has 3 heteroatoms. The molecule has 0 atom stereocenters. The highest BCUT2D eigenvalue weighted by Gasteiger charge is 2.20. The summed E-state index contributed by atoms with van der Waals surface area (Å²) in [6, 6.07) is 10.0. The summed E-state index contributed by atoms with van der Waals surface area (Å²) in [4.78, 5) is 4.52. The van der Waals surface area contributed by atoms with Crippen LogP contribution in [0.5, 0.6) is 5.88 Å². The second-order valence-corrected chi connectivity index (χ2v) is 4.92. The third-order valence-corrected chi connectivity index (χ3v) is 3.47. The molecule has 0 radical (unpaired) electrons. The lowest BCUT2D eigenvalue weighted by Gasteiger charge is -2.09. The summed E-state index contributed by atoms with van der Waals surface area (Å²) in [5.41, 5.74) is 7.85. The Kier molecular flexibility index (Phi) is 3.15. The van der Waals surface area contributed by atoms with Gasteiger partial charge in [0.1, 0.15) is 0 Å². The zero-order valence-electron chi connectivity index (χ0n) is 10.4. The lowest BCUT2D eigenvalue weighted by Crippen LogP contribution is -2.03. The zero-order valence-corrected chi connectivity index (χ0v) is 10.4. The molecule has 3 nitrogen and oxygen atoms in total. The minimum atomic E-state index is 0.516. The lowest BCUT2D eigenvalue weighted by atomic mass is 10.1. The Bertz CT molecular complexity index is 549. The molecule has 1 aliphatic carbocycles. The maximum absolute atomic E-state index is 5.79. The summed E-state index contributed by atoms with van der Waals surface area (Å²) in [5.74, 6) is 1.59. The van der Waals surface area contributed by atoms with Gasteiger partial charge in [-0.1, -0.05) is 31.0 Å².